The van der Waals surface area contributed by atoms with Crippen molar-refractivity contribution in [3.63, 3.8) is 0 Å². The molecular formula is C8H14O2. The average molecular weight is 142 g/mol. The molecule has 0 aromatic rings. The first-order valence-electron chi connectivity index (χ1n) is 3.67. The van der Waals surface area contributed by atoms with Gasteiger partial charge in [0.2, 0.25) is 0 Å². The molecule has 58 valence electrons. The molecule has 0 aromatic carbocycles. The molecule has 1 aliphatic heterocycles. The summed E-state index contributed by atoms with van der Waals surface area (Å²) in [7, 11) is 0. The van der Waals surface area contributed by atoms with E-state index in [-0.39, 0.29) is 17.5 Å². The first-order chi connectivity index (χ1) is 4.46. The summed E-state index contributed by atoms with van der Waals surface area (Å²) in [6, 6.07) is 0. The second kappa shape index (κ2) is 1.97. The van der Waals surface area contributed by atoms with Crippen LogP contribution >= 0.6 is 0 Å². The Morgan fingerprint density at radius 1 is 1.40 bits per heavy atom. The molecule has 1 fully saturated rings. The number of ether oxygens (including phenoxy) is 1. The van der Waals surface area contributed by atoms with E-state index in [0.29, 0.717) is 5.92 Å². The van der Waals surface area contributed by atoms with Gasteiger partial charge in [-0.05, 0) is 20.8 Å². The number of esters is 1. The summed E-state index contributed by atoms with van der Waals surface area (Å²) in [5.74, 6) is 0.271. The van der Waals surface area contributed by atoms with E-state index in [1.807, 2.05) is 20.8 Å². The van der Waals surface area contributed by atoms with E-state index in [0.717, 1.165) is 0 Å². The summed E-state index contributed by atoms with van der Waals surface area (Å²) < 4.78 is 5.05. The number of rotatable bonds is 0. The van der Waals surface area contributed by atoms with Crippen molar-refractivity contribution in [2.75, 3.05) is 0 Å². The van der Waals surface area contributed by atoms with Crippen LogP contribution in [0.1, 0.15) is 27.7 Å². The second-order valence-corrected chi connectivity index (χ2v) is 3.62. The molecule has 1 rings (SSSR count). The average Bonchev–Trinajstić information content (AvgIpc) is 1.97. The Morgan fingerprint density at radius 3 is 2.00 bits per heavy atom. The van der Waals surface area contributed by atoms with E-state index in [1.54, 1.807) is 0 Å². The van der Waals surface area contributed by atoms with E-state index in [1.165, 1.54) is 0 Å². The lowest BCUT2D eigenvalue weighted by atomic mass is 9.80. The lowest BCUT2D eigenvalue weighted by Gasteiger charge is -2.18. The van der Waals surface area contributed by atoms with Crippen molar-refractivity contribution in [2.24, 2.45) is 11.3 Å². The molecule has 0 saturated carbocycles. The first-order valence-corrected chi connectivity index (χ1v) is 3.67. The Kier molecular flexibility index (Phi) is 1.50. The number of hydrogen-bond acceptors (Lipinski definition) is 2. The van der Waals surface area contributed by atoms with Gasteiger partial charge in [0.1, 0.15) is 6.10 Å². The minimum absolute atomic E-state index is 0.0625. The Balaban J connectivity index is 2.85. The van der Waals surface area contributed by atoms with Gasteiger partial charge in [-0.2, -0.15) is 0 Å². The van der Waals surface area contributed by atoms with Crippen molar-refractivity contribution in [2.45, 2.75) is 33.8 Å². The molecule has 1 saturated heterocycles. The smallest absolute Gasteiger partial charge is 0.312 e. The van der Waals surface area contributed by atoms with Crippen LogP contribution in [-0.4, -0.2) is 12.1 Å². The Bertz CT molecular complexity index is 161. The van der Waals surface area contributed by atoms with Crippen LogP contribution in [0.15, 0.2) is 0 Å². The van der Waals surface area contributed by atoms with Gasteiger partial charge in [0.15, 0.2) is 0 Å². The predicted octanol–water partition coefficient (Wildman–Crippen LogP) is 1.59. The van der Waals surface area contributed by atoms with E-state index >= 15 is 0 Å². The largest absolute Gasteiger partial charge is 0.462 e. The maximum Gasteiger partial charge on any atom is 0.312 e. The van der Waals surface area contributed by atoms with Gasteiger partial charge in [-0.1, -0.05) is 6.92 Å². The molecule has 1 aliphatic rings. The molecule has 0 unspecified atom stereocenters. The Hall–Kier alpha value is -0.530. The zero-order valence-electron chi connectivity index (χ0n) is 6.97. The third-order valence-electron chi connectivity index (χ3n) is 2.66. The van der Waals surface area contributed by atoms with Crippen molar-refractivity contribution in [3.8, 4) is 0 Å². The molecular weight excluding hydrogens is 128 g/mol. The minimum Gasteiger partial charge on any atom is -0.462 e. The van der Waals surface area contributed by atoms with Crippen molar-refractivity contribution in [1.82, 2.24) is 0 Å². The van der Waals surface area contributed by atoms with Gasteiger partial charge < -0.3 is 4.74 Å². The highest BCUT2D eigenvalue weighted by Crippen LogP contribution is 2.38. The molecule has 0 aromatic heterocycles. The van der Waals surface area contributed by atoms with Crippen LogP contribution in [0.5, 0.6) is 0 Å². The lowest BCUT2D eigenvalue weighted by molar-refractivity contribution is -0.147. The standard InChI is InChI=1S/C8H14O2/c1-5-6(2)10-7(9)8(5,3)4/h5-6H,1-4H3/t5-,6+/m0/s1. The van der Waals surface area contributed by atoms with Crippen molar-refractivity contribution in [1.29, 1.82) is 0 Å². The molecule has 0 aliphatic carbocycles. The molecule has 10 heavy (non-hydrogen) atoms. The molecule has 2 heteroatoms. The van der Waals surface area contributed by atoms with Crippen molar-refractivity contribution in [3.05, 3.63) is 0 Å². The number of carbonyl (C=O) groups excluding carboxylic acids is 1. The number of cyclic esters (lactones) is 1. The van der Waals surface area contributed by atoms with Crippen LogP contribution in [0.3, 0.4) is 0 Å². The fraction of sp³-hybridized carbons (Fsp3) is 0.875. The third-order valence-corrected chi connectivity index (χ3v) is 2.66. The van der Waals surface area contributed by atoms with E-state index in [4.69, 9.17) is 4.74 Å². The monoisotopic (exact) mass is 142 g/mol. The van der Waals surface area contributed by atoms with Crippen molar-refractivity contribution >= 4 is 5.97 Å². The summed E-state index contributed by atoms with van der Waals surface area (Å²) >= 11 is 0. The minimum atomic E-state index is -0.278. The Morgan fingerprint density at radius 2 is 1.90 bits per heavy atom. The van der Waals surface area contributed by atoms with Gasteiger partial charge in [0.25, 0.3) is 0 Å². The molecule has 2 nitrogen and oxygen atoms in total. The highest BCUT2D eigenvalue weighted by molar-refractivity contribution is 5.78. The Labute approximate surface area is 61.6 Å². The fourth-order valence-electron chi connectivity index (χ4n) is 1.20. The summed E-state index contributed by atoms with van der Waals surface area (Å²) in [5.41, 5.74) is -0.278. The zero-order valence-corrected chi connectivity index (χ0v) is 6.97. The van der Waals surface area contributed by atoms with Crippen LogP contribution in [-0.2, 0) is 9.53 Å². The third kappa shape index (κ3) is 0.825. The van der Waals surface area contributed by atoms with Crippen LogP contribution in [0, 0.1) is 11.3 Å². The molecule has 0 amide bonds. The summed E-state index contributed by atoms with van der Waals surface area (Å²) in [6.07, 6.45) is 0.0856. The molecule has 0 radical (unpaired) electrons. The summed E-state index contributed by atoms with van der Waals surface area (Å²) in [6.45, 7) is 7.86. The van der Waals surface area contributed by atoms with Gasteiger partial charge in [0.05, 0.1) is 5.41 Å². The quantitative estimate of drug-likeness (QED) is 0.480. The molecule has 2 atom stereocenters. The van der Waals surface area contributed by atoms with E-state index in [2.05, 4.69) is 6.92 Å². The topological polar surface area (TPSA) is 26.3 Å². The van der Waals surface area contributed by atoms with Crippen LogP contribution in [0.2, 0.25) is 0 Å². The maximum absolute atomic E-state index is 11.1. The van der Waals surface area contributed by atoms with E-state index < -0.39 is 0 Å². The van der Waals surface area contributed by atoms with Gasteiger partial charge in [-0.15, -0.1) is 0 Å². The van der Waals surface area contributed by atoms with Crippen molar-refractivity contribution < 1.29 is 9.53 Å². The summed E-state index contributed by atoms with van der Waals surface area (Å²) in [5, 5.41) is 0. The number of hydrogen-bond donors (Lipinski definition) is 0. The maximum atomic E-state index is 11.1. The zero-order chi connectivity index (χ0) is 7.94. The van der Waals surface area contributed by atoms with Crippen LogP contribution in [0.25, 0.3) is 0 Å². The molecule has 0 bridgehead atoms. The highest BCUT2D eigenvalue weighted by atomic mass is 16.6. The van der Waals surface area contributed by atoms with Gasteiger partial charge in [0, 0.05) is 5.92 Å². The SMILES string of the molecule is C[C@H]1OC(=O)C(C)(C)[C@H]1C. The summed E-state index contributed by atoms with van der Waals surface area (Å²) in [4.78, 5) is 11.1. The molecule has 0 N–H and O–H groups in total. The lowest BCUT2D eigenvalue weighted by Crippen LogP contribution is -2.25. The number of carbonyl (C=O) groups is 1. The molecule has 1 heterocycles. The highest BCUT2D eigenvalue weighted by Gasteiger charge is 2.46. The fourth-order valence-corrected chi connectivity index (χ4v) is 1.20. The van der Waals surface area contributed by atoms with Crippen LogP contribution in [0.4, 0.5) is 0 Å². The van der Waals surface area contributed by atoms with Crippen LogP contribution < -0.4 is 0 Å². The van der Waals surface area contributed by atoms with Gasteiger partial charge in [-0.3, -0.25) is 4.79 Å². The van der Waals surface area contributed by atoms with Gasteiger partial charge in [-0.25, -0.2) is 0 Å². The normalized spacial score (nSPS) is 37.8. The van der Waals surface area contributed by atoms with Gasteiger partial charge >= 0.3 is 5.97 Å². The second-order valence-electron chi connectivity index (χ2n) is 3.62. The van der Waals surface area contributed by atoms with E-state index in [9.17, 15) is 4.79 Å². The first kappa shape index (κ1) is 7.58. The predicted molar refractivity (Wildman–Crippen MR) is 38.5 cm³/mol. The molecule has 0 spiro atoms.